The Kier molecular flexibility index (Phi) is 6.71. The van der Waals surface area contributed by atoms with Crippen LogP contribution in [0.2, 0.25) is 10.1 Å². The molecular weight excluding hydrogens is 496 g/mol. The molecule has 1 unspecified atom stereocenters. The highest BCUT2D eigenvalue weighted by Gasteiger charge is 2.52. The second-order valence-corrected chi connectivity index (χ2v) is 15.1. The van der Waals surface area contributed by atoms with Gasteiger partial charge >= 0.3 is 0 Å². The molecule has 1 atom stereocenters. The van der Waals surface area contributed by atoms with E-state index in [9.17, 15) is 4.79 Å². The molecule has 6 heteroatoms. The van der Waals surface area contributed by atoms with Gasteiger partial charge in [-0.25, -0.2) is 0 Å². The van der Waals surface area contributed by atoms with Crippen molar-refractivity contribution in [1.82, 2.24) is 9.97 Å². The zero-order valence-electron chi connectivity index (χ0n) is 21.4. The first-order valence-corrected chi connectivity index (χ1v) is 14.6. The number of aromatic nitrogens is 2. The van der Waals surface area contributed by atoms with Gasteiger partial charge in [0.15, 0.2) is 5.78 Å². The highest BCUT2D eigenvalue weighted by atomic mass is 35.5. The van der Waals surface area contributed by atoms with Crippen LogP contribution in [0.4, 0.5) is 0 Å². The Hall–Kier alpha value is -3.38. The van der Waals surface area contributed by atoms with Crippen molar-refractivity contribution < 1.29 is 9.22 Å². The number of halogens is 1. The Morgan fingerprint density at radius 2 is 1.49 bits per heavy atom. The molecule has 0 saturated heterocycles. The van der Waals surface area contributed by atoms with E-state index in [1.165, 1.54) is 17.3 Å². The summed E-state index contributed by atoms with van der Waals surface area (Å²) in [4.78, 5) is 21.4. The van der Waals surface area contributed by atoms with Crippen molar-refractivity contribution in [1.29, 1.82) is 0 Å². The smallest absolute Gasteiger partial charge is 0.262 e. The number of carbonyl (C=O) groups is 1. The number of fused-ring (bicyclic) bond motifs is 2. The highest BCUT2D eigenvalue weighted by Crippen LogP contribution is 2.44. The third-order valence-electron chi connectivity index (χ3n) is 6.94. The van der Waals surface area contributed by atoms with Crippen molar-refractivity contribution >= 4 is 48.2 Å². The fourth-order valence-corrected chi connectivity index (χ4v) is 9.98. The van der Waals surface area contributed by atoms with Gasteiger partial charge in [0, 0.05) is 24.9 Å². The maximum Gasteiger partial charge on any atom is 0.262 e. The van der Waals surface area contributed by atoms with Crippen molar-refractivity contribution in [2.24, 2.45) is 0 Å². The van der Waals surface area contributed by atoms with Crippen molar-refractivity contribution in [2.75, 3.05) is 0 Å². The van der Waals surface area contributed by atoms with Crippen molar-refractivity contribution in [2.45, 2.75) is 38.8 Å². The van der Waals surface area contributed by atoms with Crippen molar-refractivity contribution in [3.8, 4) is 0 Å². The molecule has 0 fully saturated rings. The molecule has 0 amide bonds. The Morgan fingerprint density at radius 1 is 0.865 bits per heavy atom. The largest absolute Gasteiger partial charge is 0.396 e. The topological polar surface area (TPSA) is 52.1 Å². The van der Waals surface area contributed by atoms with E-state index in [0.29, 0.717) is 10.7 Å². The fourth-order valence-electron chi connectivity index (χ4n) is 5.19. The average Bonchev–Trinajstić information content (AvgIpc) is 3.03. The molecule has 0 spiro atoms. The summed E-state index contributed by atoms with van der Waals surface area (Å²) in [5.41, 5.74) is 3.83. The summed E-state index contributed by atoms with van der Waals surface area (Å²) in [6, 6.07) is 24.8. The predicted octanol–water partition coefficient (Wildman–Crippen LogP) is 6.48. The van der Waals surface area contributed by atoms with Crippen LogP contribution < -0.4 is 10.4 Å². The molecule has 4 nitrogen and oxygen atoms in total. The van der Waals surface area contributed by atoms with Crippen LogP contribution in [0.5, 0.6) is 0 Å². The van der Waals surface area contributed by atoms with Crippen molar-refractivity contribution in [3.63, 3.8) is 0 Å². The molecule has 2 aromatic carbocycles. The molecule has 2 aromatic heterocycles. The van der Waals surface area contributed by atoms with Gasteiger partial charge in [-0.1, -0.05) is 99.1 Å². The molecule has 0 saturated carbocycles. The molecule has 1 aliphatic carbocycles. The van der Waals surface area contributed by atoms with Crippen LogP contribution in [-0.4, -0.2) is 24.1 Å². The van der Waals surface area contributed by atoms with E-state index in [1.54, 1.807) is 12.4 Å². The number of hydrogen-bond acceptors (Lipinski definition) is 4. The molecular formula is C31H29ClN2O2Si. The first-order valence-electron chi connectivity index (χ1n) is 12.3. The van der Waals surface area contributed by atoms with Gasteiger partial charge in [-0.3, -0.25) is 14.8 Å². The van der Waals surface area contributed by atoms with Gasteiger partial charge in [0.2, 0.25) is 0 Å². The minimum absolute atomic E-state index is 0.0929. The van der Waals surface area contributed by atoms with E-state index in [-0.39, 0.29) is 10.8 Å². The van der Waals surface area contributed by atoms with Crippen LogP contribution >= 0.6 is 11.6 Å². The van der Waals surface area contributed by atoms with Gasteiger partial charge in [0.05, 0.1) is 16.8 Å². The van der Waals surface area contributed by atoms with Crippen LogP contribution in [0, 0.1) is 0 Å². The zero-order chi connectivity index (χ0) is 26.2. The number of Topliss-reactive ketones (excluding diaryl/α,β-unsaturated/α-hetero) is 1. The number of carbonyl (C=O) groups excluding carboxylic acids is 1. The van der Waals surface area contributed by atoms with Gasteiger partial charge in [0.1, 0.15) is 5.69 Å². The van der Waals surface area contributed by atoms with Gasteiger partial charge in [0.25, 0.3) is 8.32 Å². The van der Waals surface area contributed by atoms with Crippen LogP contribution in [0.15, 0.2) is 85.2 Å². The lowest BCUT2D eigenvalue weighted by atomic mass is 9.98. The number of rotatable bonds is 5. The third kappa shape index (κ3) is 4.59. The Labute approximate surface area is 224 Å². The number of pyridine rings is 2. The summed E-state index contributed by atoms with van der Waals surface area (Å²) in [5.74, 6) is -0.0929. The molecule has 1 aliphatic rings. The van der Waals surface area contributed by atoms with E-state index in [1.807, 2.05) is 36.4 Å². The van der Waals surface area contributed by atoms with Crippen LogP contribution in [0.25, 0.3) is 12.2 Å². The normalized spacial score (nSPS) is 15.0. The number of nitrogens with zero attached hydrogens (tertiary/aromatic N) is 2. The van der Waals surface area contributed by atoms with Crippen LogP contribution in [0.1, 0.15) is 66.7 Å². The van der Waals surface area contributed by atoms with Crippen LogP contribution in [-0.2, 0) is 4.43 Å². The summed E-state index contributed by atoms with van der Waals surface area (Å²) in [6.07, 6.45) is 6.84. The maximum absolute atomic E-state index is 12.4. The molecule has 0 N–H and O–H groups in total. The Balaban J connectivity index is 1.83. The minimum atomic E-state index is -2.96. The molecule has 2 heterocycles. The molecule has 186 valence electrons. The van der Waals surface area contributed by atoms with Crippen molar-refractivity contribution in [3.05, 3.63) is 118 Å². The minimum Gasteiger partial charge on any atom is -0.396 e. The first-order chi connectivity index (χ1) is 17.7. The standard InChI is InChI=1S/C31H29ClN2O2Si/c1-21(35)29-18-26-22(19-33-29)15-16-28-27(17-23(32)20-34-28)30(26)36-37(31(2,3)4,24-11-7-5-8-12-24)25-13-9-6-10-14-25/h5-20,30H,1-4H3. The summed E-state index contributed by atoms with van der Waals surface area (Å²) >= 11 is 6.50. The van der Waals surface area contributed by atoms with E-state index in [2.05, 4.69) is 79.3 Å². The number of benzene rings is 2. The van der Waals surface area contributed by atoms with Gasteiger partial charge in [-0.15, -0.1) is 0 Å². The summed E-state index contributed by atoms with van der Waals surface area (Å²) in [5, 5.41) is 2.64. The number of ketones is 1. The molecule has 5 rings (SSSR count). The highest BCUT2D eigenvalue weighted by molar-refractivity contribution is 6.99. The molecule has 0 bridgehead atoms. The summed E-state index contributed by atoms with van der Waals surface area (Å²) < 4.78 is 7.60. The second-order valence-electron chi connectivity index (χ2n) is 10.4. The average molecular weight is 525 g/mol. The summed E-state index contributed by atoms with van der Waals surface area (Å²) in [7, 11) is -2.96. The maximum atomic E-state index is 12.4. The first kappa shape index (κ1) is 25.3. The second kappa shape index (κ2) is 9.82. The lowest BCUT2D eigenvalue weighted by Crippen LogP contribution is -2.67. The Bertz CT molecular complexity index is 1440. The monoisotopic (exact) mass is 524 g/mol. The van der Waals surface area contributed by atoms with Crippen LogP contribution in [0.3, 0.4) is 0 Å². The van der Waals surface area contributed by atoms with E-state index in [4.69, 9.17) is 16.0 Å². The van der Waals surface area contributed by atoms with Gasteiger partial charge in [-0.2, -0.15) is 0 Å². The SMILES string of the molecule is CC(=O)c1cc2c(cn1)C=Cc1ncc(Cl)cc1C2O[Si](c1ccccc1)(c1ccccc1)C(C)(C)C. The van der Waals surface area contributed by atoms with E-state index >= 15 is 0 Å². The lowest BCUT2D eigenvalue weighted by Gasteiger charge is -2.45. The third-order valence-corrected chi connectivity index (χ3v) is 12.1. The molecule has 0 aliphatic heterocycles. The molecule has 37 heavy (non-hydrogen) atoms. The fraction of sp³-hybridized carbons (Fsp3) is 0.194. The van der Waals surface area contributed by atoms with Gasteiger partial charge < -0.3 is 4.43 Å². The quantitative estimate of drug-likeness (QED) is 0.221. The van der Waals surface area contributed by atoms with E-state index in [0.717, 1.165) is 22.4 Å². The van der Waals surface area contributed by atoms with E-state index < -0.39 is 14.4 Å². The predicted molar refractivity (Wildman–Crippen MR) is 153 cm³/mol. The summed E-state index contributed by atoms with van der Waals surface area (Å²) in [6.45, 7) is 8.28. The molecule has 0 radical (unpaired) electrons. The molecule has 4 aromatic rings. The Morgan fingerprint density at radius 3 is 2.05 bits per heavy atom. The van der Waals surface area contributed by atoms with Gasteiger partial charge in [-0.05, 0) is 44.7 Å². The zero-order valence-corrected chi connectivity index (χ0v) is 23.2. The number of hydrogen-bond donors (Lipinski definition) is 0. The lowest BCUT2D eigenvalue weighted by molar-refractivity contribution is 0.101.